The van der Waals surface area contributed by atoms with Gasteiger partial charge in [0.1, 0.15) is 5.69 Å². The molecule has 0 aliphatic carbocycles. The van der Waals surface area contributed by atoms with Crippen LogP contribution >= 0.6 is 11.6 Å². The number of nitrogens with one attached hydrogen (secondary N) is 1. The van der Waals surface area contributed by atoms with E-state index >= 15 is 0 Å². The third-order valence-electron chi connectivity index (χ3n) is 4.94. The van der Waals surface area contributed by atoms with Gasteiger partial charge in [-0.05, 0) is 42.6 Å². The maximum atomic E-state index is 13.2. The molecule has 2 heterocycles. The number of rotatable bonds is 3. The Kier molecular flexibility index (Phi) is 4.24. The minimum Gasteiger partial charge on any atom is -0.350 e. The number of hydrogen-bond donors (Lipinski definition) is 2. The van der Waals surface area contributed by atoms with E-state index in [2.05, 4.69) is 4.98 Å². The van der Waals surface area contributed by atoms with E-state index in [0.29, 0.717) is 23.2 Å². The second kappa shape index (κ2) is 6.54. The van der Waals surface area contributed by atoms with Crippen LogP contribution in [0.5, 0.6) is 0 Å². The summed E-state index contributed by atoms with van der Waals surface area (Å²) < 4.78 is 0. The molecular formula is C20H20ClN3O. The van der Waals surface area contributed by atoms with Crippen molar-refractivity contribution in [3.8, 4) is 11.1 Å². The summed E-state index contributed by atoms with van der Waals surface area (Å²) in [6.07, 6.45) is 0.967. The molecule has 1 amide bonds. The molecule has 0 radical (unpaired) electrons. The summed E-state index contributed by atoms with van der Waals surface area (Å²) in [6, 6.07) is 15.6. The first-order valence-electron chi connectivity index (χ1n) is 8.53. The van der Waals surface area contributed by atoms with E-state index in [1.54, 1.807) is 0 Å². The topological polar surface area (TPSA) is 62.1 Å². The van der Waals surface area contributed by atoms with E-state index in [0.717, 1.165) is 41.5 Å². The number of carbonyl (C=O) groups is 1. The van der Waals surface area contributed by atoms with E-state index < -0.39 is 0 Å². The standard InChI is InChI=1S/C20H20ClN3O/c21-15-6-7-17-16(10-15)18(14-4-2-1-3-5-14)19(23-17)20(25)24-9-8-13(11-22)12-24/h1-7,10,13,23H,8-9,11-12,22H2. The fourth-order valence-electron chi connectivity index (χ4n) is 3.60. The Morgan fingerprint density at radius 2 is 2.04 bits per heavy atom. The van der Waals surface area contributed by atoms with Crippen LogP contribution < -0.4 is 5.73 Å². The molecule has 1 aromatic heterocycles. The molecule has 1 unspecified atom stereocenters. The van der Waals surface area contributed by atoms with E-state index in [1.165, 1.54) is 0 Å². The van der Waals surface area contributed by atoms with Crippen molar-refractivity contribution in [2.24, 2.45) is 11.7 Å². The first-order valence-corrected chi connectivity index (χ1v) is 8.91. The summed E-state index contributed by atoms with van der Waals surface area (Å²) in [6.45, 7) is 2.10. The van der Waals surface area contributed by atoms with Crippen molar-refractivity contribution in [3.63, 3.8) is 0 Å². The molecule has 1 aliphatic rings. The van der Waals surface area contributed by atoms with Gasteiger partial charge in [0, 0.05) is 34.6 Å². The number of hydrogen-bond acceptors (Lipinski definition) is 2. The molecule has 4 nitrogen and oxygen atoms in total. The number of carbonyl (C=O) groups excluding carboxylic acids is 1. The molecule has 0 spiro atoms. The molecule has 25 heavy (non-hydrogen) atoms. The highest BCUT2D eigenvalue weighted by molar-refractivity contribution is 6.31. The highest BCUT2D eigenvalue weighted by Crippen LogP contribution is 2.35. The van der Waals surface area contributed by atoms with Gasteiger partial charge in [-0.1, -0.05) is 41.9 Å². The van der Waals surface area contributed by atoms with E-state index in [4.69, 9.17) is 17.3 Å². The van der Waals surface area contributed by atoms with Crippen molar-refractivity contribution in [2.75, 3.05) is 19.6 Å². The average molecular weight is 354 g/mol. The minimum absolute atomic E-state index is 0.0297. The largest absolute Gasteiger partial charge is 0.350 e. The lowest BCUT2D eigenvalue weighted by Crippen LogP contribution is -2.30. The van der Waals surface area contributed by atoms with Gasteiger partial charge in [0.05, 0.1) is 0 Å². The SMILES string of the molecule is NCC1CCN(C(=O)c2[nH]c3ccc(Cl)cc3c2-c2ccccc2)C1. The van der Waals surface area contributed by atoms with Gasteiger partial charge in [0.25, 0.3) is 5.91 Å². The number of likely N-dealkylation sites (tertiary alicyclic amines) is 1. The molecule has 2 aromatic carbocycles. The Hall–Kier alpha value is -2.30. The number of benzene rings is 2. The molecule has 3 aromatic rings. The molecule has 128 valence electrons. The zero-order valence-corrected chi connectivity index (χ0v) is 14.6. The molecule has 1 aliphatic heterocycles. The van der Waals surface area contributed by atoms with Gasteiger partial charge < -0.3 is 15.6 Å². The average Bonchev–Trinajstić information content (AvgIpc) is 3.26. The molecule has 1 atom stereocenters. The number of H-pyrrole nitrogens is 1. The van der Waals surface area contributed by atoms with E-state index in [1.807, 2.05) is 53.4 Å². The quantitative estimate of drug-likeness (QED) is 0.749. The van der Waals surface area contributed by atoms with Crippen molar-refractivity contribution in [3.05, 3.63) is 59.2 Å². The summed E-state index contributed by atoms with van der Waals surface area (Å²) in [4.78, 5) is 18.4. The van der Waals surface area contributed by atoms with Crippen LogP contribution in [0.25, 0.3) is 22.0 Å². The normalized spacial score (nSPS) is 17.4. The summed E-state index contributed by atoms with van der Waals surface area (Å²) in [5.74, 6) is 0.421. The van der Waals surface area contributed by atoms with Crippen LogP contribution in [-0.2, 0) is 0 Å². The number of amides is 1. The van der Waals surface area contributed by atoms with Crippen molar-refractivity contribution in [1.29, 1.82) is 0 Å². The van der Waals surface area contributed by atoms with Gasteiger partial charge in [-0.25, -0.2) is 0 Å². The van der Waals surface area contributed by atoms with Crippen LogP contribution in [-0.4, -0.2) is 35.4 Å². The summed E-state index contributed by atoms with van der Waals surface area (Å²) in [5, 5.41) is 1.63. The predicted octanol–water partition coefficient (Wildman–Crippen LogP) is 3.91. The number of nitrogens with zero attached hydrogens (tertiary/aromatic N) is 1. The lowest BCUT2D eigenvalue weighted by Gasteiger charge is -2.16. The van der Waals surface area contributed by atoms with Gasteiger partial charge in [0.15, 0.2) is 0 Å². The smallest absolute Gasteiger partial charge is 0.270 e. The molecule has 0 saturated carbocycles. The fraction of sp³-hybridized carbons (Fsp3) is 0.250. The first kappa shape index (κ1) is 16.2. The van der Waals surface area contributed by atoms with Crippen molar-refractivity contribution in [1.82, 2.24) is 9.88 Å². The van der Waals surface area contributed by atoms with Crippen molar-refractivity contribution in [2.45, 2.75) is 6.42 Å². The van der Waals surface area contributed by atoms with Gasteiger partial charge in [-0.3, -0.25) is 4.79 Å². The van der Waals surface area contributed by atoms with Crippen molar-refractivity contribution < 1.29 is 4.79 Å². The van der Waals surface area contributed by atoms with E-state index in [-0.39, 0.29) is 5.91 Å². The Bertz CT molecular complexity index is 919. The third-order valence-corrected chi connectivity index (χ3v) is 5.18. The highest BCUT2D eigenvalue weighted by atomic mass is 35.5. The Labute approximate surface area is 151 Å². The Morgan fingerprint density at radius 1 is 1.24 bits per heavy atom. The number of aromatic nitrogens is 1. The molecule has 1 fully saturated rings. The number of aromatic amines is 1. The second-order valence-corrected chi connectivity index (χ2v) is 7.01. The molecule has 0 bridgehead atoms. The summed E-state index contributed by atoms with van der Waals surface area (Å²) in [7, 11) is 0. The zero-order chi connectivity index (χ0) is 17.4. The van der Waals surface area contributed by atoms with Crippen LogP contribution in [0.2, 0.25) is 5.02 Å². The second-order valence-electron chi connectivity index (χ2n) is 6.57. The maximum Gasteiger partial charge on any atom is 0.270 e. The number of halogens is 1. The van der Waals surface area contributed by atoms with Crippen molar-refractivity contribution >= 4 is 28.4 Å². The van der Waals surface area contributed by atoms with E-state index in [9.17, 15) is 4.79 Å². The lowest BCUT2D eigenvalue weighted by atomic mass is 10.0. The van der Waals surface area contributed by atoms with Crippen LogP contribution in [0.3, 0.4) is 0 Å². The van der Waals surface area contributed by atoms with Gasteiger partial charge in [-0.2, -0.15) is 0 Å². The Morgan fingerprint density at radius 3 is 2.76 bits per heavy atom. The summed E-state index contributed by atoms with van der Waals surface area (Å²) >= 11 is 6.21. The van der Waals surface area contributed by atoms with Crippen LogP contribution in [0.15, 0.2) is 48.5 Å². The predicted molar refractivity (Wildman–Crippen MR) is 102 cm³/mol. The maximum absolute atomic E-state index is 13.2. The third kappa shape index (κ3) is 2.92. The molecule has 4 rings (SSSR count). The van der Waals surface area contributed by atoms with Gasteiger partial charge >= 0.3 is 0 Å². The molecule has 1 saturated heterocycles. The fourth-order valence-corrected chi connectivity index (χ4v) is 3.77. The number of nitrogens with two attached hydrogens (primary N) is 1. The molecular weight excluding hydrogens is 334 g/mol. The zero-order valence-electron chi connectivity index (χ0n) is 13.8. The lowest BCUT2D eigenvalue weighted by molar-refractivity contribution is 0.0783. The summed E-state index contributed by atoms with van der Waals surface area (Å²) in [5.41, 5.74) is 9.24. The van der Waals surface area contributed by atoms with Crippen LogP contribution in [0, 0.1) is 5.92 Å². The highest BCUT2D eigenvalue weighted by Gasteiger charge is 2.29. The molecule has 3 N–H and O–H groups in total. The van der Waals surface area contributed by atoms with Crippen LogP contribution in [0.1, 0.15) is 16.9 Å². The monoisotopic (exact) mass is 353 g/mol. The Balaban J connectivity index is 1.84. The minimum atomic E-state index is 0.0297. The van der Waals surface area contributed by atoms with Crippen LogP contribution in [0.4, 0.5) is 0 Å². The van der Waals surface area contributed by atoms with Gasteiger partial charge in [-0.15, -0.1) is 0 Å². The first-order chi connectivity index (χ1) is 12.2. The number of fused-ring (bicyclic) bond motifs is 1. The van der Waals surface area contributed by atoms with Gasteiger partial charge in [0.2, 0.25) is 0 Å². The molecule has 5 heteroatoms.